The van der Waals surface area contributed by atoms with Gasteiger partial charge in [-0.15, -0.1) is 0 Å². The third kappa shape index (κ3) is 2.27. The highest BCUT2D eigenvalue weighted by Crippen LogP contribution is 2.20. The van der Waals surface area contributed by atoms with Crippen molar-refractivity contribution in [3.63, 3.8) is 0 Å². The molecule has 1 saturated carbocycles. The molecule has 1 unspecified atom stereocenters. The summed E-state index contributed by atoms with van der Waals surface area (Å²) in [4.78, 5) is 2.42. The molecule has 1 heterocycles. The number of aliphatic hydroxyl groups is 1. The number of rotatable bonds is 3. The Morgan fingerprint density at radius 2 is 2.14 bits per heavy atom. The molecular weight excluding hydrogens is 176 g/mol. The van der Waals surface area contributed by atoms with E-state index in [2.05, 4.69) is 17.3 Å². The molecule has 2 rings (SSSR count). The second-order valence-corrected chi connectivity index (χ2v) is 4.79. The van der Waals surface area contributed by atoms with E-state index >= 15 is 0 Å². The van der Waals surface area contributed by atoms with E-state index in [1.54, 1.807) is 0 Å². The van der Waals surface area contributed by atoms with Crippen LogP contribution in [0.4, 0.5) is 0 Å². The monoisotopic (exact) mass is 198 g/mol. The number of likely N-dealkylation sites (N-methyl/N-ethyl adjacent to an activating group) is 1. The van der Waals surface area contributed by atoms with E-state index in [0.717, 1.165) is 19.4 Å². The molecule has 0 bridgehead atoms. The normalized spacial score (nSPS) is 39.4. The quantitative estimate of drug-likeness (QED) is 0.696. The predicted molar refractivity (Wildman–Crippen MR) is 57.3 cm³/mol. The molecule has 82 valence electrons. The zero-order valence-corrected chi connectivity index (χ0v) is 9.08. The molecule has 0 aromatic heterocycles. The number of likely N-dealkylation sites (tertiary alicyclic amines) is 1. The molecule has 3 atom stereocenters. The molecule has 2 aliphatic rings. The van der Waals surface area contributed by atoms with E-state index in [1.165, 1.54) is 25.8 Å². The Morgan fingerprint density at radius 3 is 2.71 bits per heavy atom. The average molecular weight is 198 g/mol. The van der Waals surface area contributed by atoms with E-state index in [9.17, 15) is 5.11 Å². The summed E-state index contributed by atoms with van der Waals surface area (Å²) in [7, 11) is 2.20. The van der Waals surface area contributed by atoms with Crippen LogP contribution in [0, 0.1) is 0 Å². The van der Waals surface area contributed by atoms with Crippen LogP contribution in [0.2, 0.25) is 0 Å². The van der Waals surface area contributed by atoms with Crippen LogP contribution in [0.3, 0.4) is 0 Å². The highest BCUT2D eigenvalue weighted by Gasteiger charge is 2.27. The van der Waals surface area contributed by atoms with Gasteiger partial charge in [0.2, 0.25) is 0 Å². The maximum absolute atomic E-state index is 9.65. The molecule has 3 heteroatoms. The lowest BCUT2D eigenvalue weighted by Gasteiger charge is -2.23. The van der Waals surface area contributed by atoms with Gasteiger partial charge in [-0.1, -0.05) is 0 Å². The Morgan fingerprint density at radius 1 is 1.29 bits per heavy atom. The van der Waals surface area contributed by atoms with Crippen LogP contribution in [-0.4, -0.2) is 48.3 Å². The minimum atomic E-state index is -0.0956. The molecule has 14 heavy (non-hydrogen) atoms. The van der Waals surface area contributed by atoms with Crippen molar-refractivity contribution in [2.75, 3.05) is 20.1 Å². The van der Waals surface area contributed by atoms with E-state index < -0.39 is 0 Å². The average Bonchev–Trinajstić information content (AvgIpc) is 2.72. The zero-order valence-electron chi connectivity index (χ0n) is 9.08. The Balaban J connectivity index is 1.71. The molecule has 0 spiro atoms. The largest absolute Gasteiger partial charge is 0.392 e. The van der Waals surface area contributed by atoms with Crippen molar-refractivity contribution in [3.8, 4) is 0 Å². The molecule has 1 aliphatic heterocycles. The van der Waals surface area contributed by atoms with Crippen molar-refractivity contribution in [2.24, 2.45) is 0 Å². The van der Waals surface area contributed by atoms with Crippen LogP contribution in [0.25, 0.3) is 0 Å². The summed E-state index contributed by atoms with van der Waals surface area (Å²) in [5.74, 6) is 0. The third-order valence-electron chi connectivity index (χ3n) is 3.77. The van der Waals surface area contributed by atoms with E-state index in [4.69, 9.17) is 0 Å². The van der Waals surface area contributed by atoms with E-state index in [1.807, 2.05) is 0 Å². The second-order valence-electron chi connectivity index (χ2n) is 4.79. The smallest absolute Gasteiger partial charge is 0.0693 e. The fraction of sp³-hybridized carbons (Fsp3) is 1.00. The first-order valence-corrected chi connectivity index (χ1v) is 5.89. The van der Waals surface area contributed by atoms with Crippen molar-refractivity contribution >= 4 is 0 Å². The summed E-state index contributed by atoms with van der Waals surface area (Å²) in [5.41, 5.74) is 0. The Labute approximate surface area is 86.5 Å². The summed E-state index contributed by atoms with van der Waals surface area (Å²) in [6.45, 7) is 2.29. The molecule has 0 radical (unpaired) electrons. The minimum Gasteiger partial charge on any atom is -0.392 e. The van der Waals surface area contributed by atoms with Crippen molar-refractivity contribution in [1.82, 2.24) is 10.2 Å². The van der Waals surface area contributed by atoms with Gasteiger partial charge in [0.25, 0.3) is 0 Å². The summed E-state index contributed by atoms with van der Waals surface area (Å²) >= 11 is 0. The highest BCUT2D eigenvalue weighted by atomic mass is 16.3. The summed E-state index contributed by atoms with van der Waals surface area (Å²) in [5, 5.41) is 13.2. The second kappa shape index (κ2) is 4.60. The Bertz CT molecular complexity index is 166. The molecule has 3 nitrogen and oxygen atoms in total. The molecule has 2 N–H and O–H groups in total. The van der Waals surface area contributed by atoms with Crippen LogP contribution < -0.4 is 5.32 Å². The molecule has 0 aromatic carbocycles. The van der Waals surface area contributed by atoms with Crippen LogP contribution in [0.5, 0.6) is 0 Å². The summed E-state index contributed by atoms with van der Waals surface area (Å²) < 4.78 is 0. The van der Waals surface area contributed by atoms with Gasteiger partial charge in [-0.2, -0.15) is 0 Å². The van der Waals surface area contributed by atoms with Crippen molar-refractivity contribution < 1.29 is 5.11 Å². The van der Waals surface area contributed by atoms with Crippen LogP contribution in [-0.2, 0) is 0 Å². The van der Waals surface area contributed by atoms with E-state index in [0.29, 0.717) is 12.1 Å². The van der Waals surface area contributed by atoms with Crippen molar-refractivity contribution in [3.05, 3.63) is 0 Å². The number of aliphatic hydroxyl groups excluding tert-OH is 1. The lowest BCUT2D eigenvalue weighted by atomic mass is 10.1. The lowest BCUT2D eigenvalue weighted by molar-refractivity contribution is 0.144. The van der Waals surface area contributed by atoms with Gasteiger partial charge < -0.3 is 15.3 Å². The van der Waals surface area contributed by atoms with Gasteiger partial charge in [-0.05, 0) is 45.7 Å². The van der Waals surface area contributed by atoms with Gasteiger partial charge in [-0.3, -0.25) is 0 Å². The van der Waals surface area contributed by atoms with Crippen molar-refractivity contribution in [2.45, 2.75) is 50.3 Å². The Kier molecular flexibility index (Phi) is 3.42. The molecule has 1 saturated heterocycles. The lowest BCUT2D eigenvalue weighted by Crippen LogP contribution is -2.43. The van der Waals surface area contributed by atoms with Gasteiger partial charge in [0, 0.05) is 18.6 Å². The SMILES string of the molecule is CN1CCCC1CN[C@H]1CCC[C@@H]1O. The third-order valence-corrected chi connectivity index (χ3v) is 3.77. The Hall–Kier alpha value is -0.120. The van der Waals surface area contributed by atoms with Gasteiger partial charge in [0.05, 0.1) is 6.10 Å². The predicted octanol–water partition coefficient (Wildman–Crippen LogP) is 0.584. The number of hydrogen-bond donors (Lipinski definition) is 2. The molecule has 0 amide bonds. The fourth-order valence-corrected chi connectivity index (χ4v) is 2.70. The molecule has 1 aliphatic carbocycles. The standard InChI is InChI=1S/C11H22N2O/c1-13-7-3-4-9(13)8-12-10-5-2-6-11(10)14/h9-12,14H,2-8H2,1H3/t9?,10-,11-/m0/s1. The van der Waals surface area contributed by atoms with Crippen molar-refractivity contribution in [1.29, 1.82) is 0 Å². The molecular formula is C11H22N2O. The number of nitrogens with one attached hydrogen (secondary N) is 1. The summed E-state index contributed by atoms with van der Waals surface area (Å²) in [6, 6.07) is 1.06. The first kappa shape index (κ1) is 10.4. The maximum atomic E-state index is 9.65. The van der Waals surface area contributed by atoms with Crippen LogP contribution in [0.15, 0.2) is 0 Å². The number of hydrogen-bond acceptors (Lipinski definition) is 3. The van der Waals surface area contributed by atoms with Gasteiger partial charge >= 0.3 is 0 Å². The highest BCUT2D eigenvalue weighted by molar-refractivity contribution is 4.86. The van der Waals surface area contributed by atoms with Crippen LogP contribution in [0.1, 0.15) is 32.1 Å². The van der Waals surface area contributed by atoms with Gasteiger partial charge in [0.1, 0.15) is 0 Å². The molecule has 0 aromatic rings. The zero-order chi connectivity index (χ0) is 9.97. The topological polar surface area (TPSA) is 35.5 Å². The maximum Gasteiger partial charge on any atom is 0.0693 e. The minimum absolute atomic E-state index is 0.0956. The number of nitrogens with zero attached hydrogens (tertiary/aromatic N) is 1. The van der Waals surface area contributed by atoms with Crippen LogP contribution >= 0.6 is 0 Å². The first-order chi connectivity index (χ1) is 6.77. The van der Waals surface area contributed by atoms with Gasteiger partial charge in [-0.25, -0.2) is 0 Å². The summed E-state index contributed by atoms with van der Waals surface area (Å²) in [6.07, 6.45) is 5.86. The van der Waals surface area contributed by atoms with Gasteiger partial charge in [0.15, 0.2) is 0 Å². The molecule has 2 fully saturated rings. The fourth-order valence-electron chi connectivity index (χ4n) is 2.70. The first-order valence-electron chi connectivity index (χ1n) is 5.89. The van der Waals surface area contributed by atoms with E-state index in [-0.39, 0.29) is 6.10 Å².